The van der Waals surface area contributed by atoms with Gasteiger partial charge < -0.3 is 11.1 Å². The Bertz CT molecular complexity index is 1150. The lowest BCUT2D eigenvalue weighted by Gasteiger charge is -2.25. The lowest BCUT2D eigenvalue weighted by atomic mass is 10.0. The van der Waals surface area contributed by atoms with Crippen molar-refractivity contribution in [3.63, 3.8) is 0 Å². The standard InChI is InChI=1S/C22H19N5S/c23-21-16-8-4-10-18(19(16)20(26-27-21)14-6-2-1-3-7-14)28-17-11-13-25-22-15(17)9-5-12-24-22/h1-10,12,17H,11,13H2,(H2,23,27)(H,24,25). The topological polar surface area (TPSA) is 76.7 Å². The molecule has 6 heteroatoms. The Kier molecular flexibility index (Phi) is 4.33. The van der Waals surface area contributed by atoms with Gasteiger partial charge in [-0.1, -0.05) is 48.5 Å². The molecular weight excluding hydrogens is 366 g/mol. The number of thioether (sulfide) groups is 1. The first-order chi connectivity index (χ1) is 13.8. The van der Waals surface area contributed by atoms with Crippen molar-refractivity contribution in [3.05, 3.63) is 72.4 Å². The minimum Gasteiger partial charge on any atom is -0.382 e. The summed E-state index contributed by atoms with van der Waals surface area (Å²) >= 11 is 1.85. The maximum atomic E-state index is 6.18. The van der Waals surface area contributed by atoms with E-state index in [-0.39, 0.29) is 0 Å². The number of nitrogen functional groups attached to an aromatic ring is 1. The number of anilines is 2. The van der Waals surface area contributed by atoms with Gasteiger partial charge in [0.1, 0.15) is 11.5 Å². The number of rotatable bonds is 3. The van der Waals surface area contributed by atoms with Gasteiger partial charge in [-0.2, -0.15) is 0 Å². The first-order valence-corrected chi connectivity index (χ1v) is 10.1. The molecule has 0 radical (unpaired) electrons. The van der Waals surface area contributed by atoms with Crippen LogP contribution >= 0.6 is 11.8 Å². The van der Waals surface area contributed by atoms with E-state index < -0.39 is 0 Å². The fourth-order valence-corrected chi connectivity index (χ4v) is 5.01. The van der Waals surface area contributed by atoms with E-state index in [0.29, 0.717) is 11.1 Å². The summed E-state index contributed by atoms with van der Waals surface area (Å²) in [6.45, 7) is 0.917. The van der Waals surface area contributed by atoms with Gasteiger partial charge in [0.2, 0.25) is 0 Å². The molecule has 1 unspecified atom stereocenters. The Labute approximate surface area is 167 Å². The third kappa shape index (κ3) is 2.96. The number of hydrogen-bond acceptors (Lipinski definition) is 6. The summed E-state index contributed by atoms with van der Waals surface area (Å²) in [6.07, 6.45) is 2.87. The van der Waals surface area contributed by atoms with E-state index in [4.69, 9.17) is 5.73 Å². The molecule has 2 aromatic heterocycles. The van der Waals surface area contributed by atoms with Crippen molar-refractivity contribution in [2.45, 2.75) is 16.6 Å². The molecule has 0 fully saturated rings. The van der Waals surface area contributed by atoms with Crippen molar-refractivity contribution in [2.24, 2.45) is 0 Å². The summed E-state index contributed by atoms with van der Waals surface area (Å²) in [5.41, 5.74) is 9.33. The molecule has 0 aliphatic carbocycles. The number of nitrogens with one attached hydrogen (secondary N) is 1. The van der Waals surface area contributed by atoms with Crippen LogP contribution in [0.15, 0.2) is 71.8 Å². The van der Waals surface area contributed by atoms with Gasteiger partial charge in [0, 0.05) is 44.8 Å². The van der Waals surface area contributed by atoms with Gasteiger partial charge in [0.15, 0.2) is 5.82 Å². The number of fused-ring (bicyclic) bond motifs is 2. The van der Waals surface area contributed by atoms with Gasteiger partial charge in [-0.15, -0.1) is 22.0 Å². The lowest BCUT2D eigenvalue weighted by molar-refractivity contribution is 0.799. The molecule has 3 N–H and O–H groups in total. The Morgan fingerprint density at radius 3 is 2.75 bits per heavy atom. The van der Waals surface area contributed by atoms with Crippen LogP contribution in [-0.2, 0) is 0 Å². The van der Waals surface area contributed by atoms with Gasteiger partial charge in [-0.25, -0.2) is 4.98 Å². The minimum atomic E-state index is 0.327. The van der Waals surface area contributed by atoms with E-state index in [1.54, 1.807) is 0 Å². The first-order valence-electron chi connectivity index (χ1n) is 9.27. The molecule has 2 aromatic carbocycles. The normalized spacial score (nSPS) is 15.8. The predicted octanol–water partition coefficient (Wildman–Crippen LogP) is 4.92. The van der Waals surface area contributed by atoms with Crippen LogP contribution in [0, 0.1) is 0 Å². The van der Waals surface area contributed by atoms with E-state index in [1.165, 1.54) is 10.5 Å². The zero-order chi connectivity index (χ0) is 18.9. The zero-order valence-corrected chi connectivity index (χ0v) is 16.0. The smallest absolute Gasteiger partial charge is 0.154 e. The Hall–Kier alpha value is -3.12. The van der Waals surface area contributed by atoms with Crippen molar-refractivity contribution in [1.82, 2.24) is 15.2 Å². The molecule has 0 saturated heterocycles. The number of pyridine rings is 1. The monoisotopic (exact) mass is 385 g/mol. The molecule has 5 rings (SSSR count). The highest BCUT2D eigenvalue weighted by Crippen LogP contribution is 2.46. The highest BCUT2D eigenvalue weighted by atomic mass is 32.2. The number of hydrogen-bond donors (Lipinski definition) is 2. The van der Waals surface area contributed by atoms with Crippen LogP contribution in [0.25, 0.3) is 22.0 Å². The summed E-state index contributed by atoms with van der Waals surface area (Å²) in [7, 11) is 0. The van der Waals surface area contributed by atoms with Gasteiger partial charge in [0.05, 0.1) is 0 Å². The second-order valence-corrected chi connectivity index (χ2v) is 7.99. The Morgan fingerprint density at radius 2 is 1.86 bits per heavy atom. The molecule has 0 spiro atoms. The quantitative estimate of drug-likeness (QED) is 0.521. The molecule has 138 valence electrons. The van der Waals surface area contributed by atoms with E-state index in [2.05, 4.69) is 44.8 Å². The highest BCUT2D eigenvalue weighted by Gasteiger charge is 2.23. The van der Waals surface area contributed by atoms with Crippen LogP contribution in [-0.4, -0.2) is 21.7 Å². The van der Waals surface area contributed by atoms with E-state index in [1.807, 2.05) is 54.4 Å². The van der Waals surface area contributed by atoms with E-state index in [0.717, 1.165) is 40.8 Å². The van der Waals surface area contributed by atoms with Crippen LogP contribution in [0.3, 0.4) is 0 Å². The highest BCUT2D eigenvalue weighted by molar-refractivity contribution is 7.99. The number of benzene rings is 2. The fourth-order valence-electron chi connectivity index (χ4n) is 3.67. The van der Waals surface area contributed by atoms with Gasteiger partial charge >= 0.3 is 0 Å². The summed E-state index contributed by atoms with van der Waals surface area (Å²) < 4.78 is 0. The van der Waals surface area contributed by atoms with Gasteiger partial charge in [-0.05, 0) is 18.6 Å². The minimum absolute atomic E-state index is 0.327. The number of aromatic nitrogens is 3. The molecule has 1 aliphatic heterocycles. The molecule has 4 aromatic rings. The van der Waals surface area contributed by atoms with Crippen molar-refractivity contribution in [1.29, 1.82) is 0 Å². The second kappa shape index (κ2) is 7.13. The van der Waals surface area contributed by atoms with Gasteiger partial charge in [-0.3, -0.25) is 0 Å². The van der Waals surface area contributed by atoms with Crippen LogP contribution in [0.2, 0.25) is 0 Å². The van der Waals surface area contributed by atoms with Crippen LogP contribution < -0.4 is 11.1 Å². The Balaban J connectivity index is 1.66. The summed E-state index contributed by atoms with van der Waals surface area (Å²) in [6, 6.07) is 20.5. The van der Waals surface area contributed by atoms with Crippen molar-refractivity contribution in [3.8, 4) is 11.3 Å². The SMILES string of the molecule is Nc1nnc(-c2ccccc2)c2c(SC3CCNc4ncccc43)cccc12. The molecule has 5 nitrogen and oxygen atoms in total. The third-order valence-corrected chi connectivity index (χ3v) is 6.37. The van der Waals surface area contributed by atoms with E-state index in [9.17, 15) is 0 Å². The third-order valence-electron chi connectivity index (χ3n) is 5.00. The average molecular weight is 385 g/mol. The molecule has 1 atom stereocenters. The molecular formula is C22H19N5S. The number of nitrogens with zero attached hydrogens (tertiary/aromatic N) is 3. The molecule has 1 aliphatic rings. The van der Waals surface area contributed by atoms with Crippen LogP contribution in [0.1, 0.15) is 17.2 Å². The molecule has 0 bridgehead atoms. The first kappa shape index (κ1) is 17.0. The lowest BCUT2D eigenvalue weighted by Crippen LogP contribution is -2.16. The van der Waals surface area contributed by atoms with Crippen molar-refractivity contribution in [2.75, 3.05) is 17.6 Å². The van der Waals surface area contributed by atoms with Gasteiger partial charge in [0.25, 0.3) is 0 Å². The Morgan fingerprint density at radius 1 is 0.964 bits per heavy atom. The van der Waals surface area contributed by atoms with E-state index >= 15 is 0 Å². The van der Waals surface area contributed by atoms with Crippen LogP contribution in [0.5, 0.6) is 0 Å². The number of nitrogens with two attached hydrogens (primary N) is 1. The summed E-state index contributed by atoms with van der Waals surface area (Å²) in [5.74, 6) is 1.44. The van der Waals surface area contributed by atoms with Crippen LogP contribution in [0.4, 0.5) is 11.6 Å². The molecule has 3 heterocycles. The maximum absolute atomic E-state index is 6.18. The summed E-state index contributed by atoms with van der Waals surface area (Å²) in [5, 5.41) is 14.4. The maximum Gasteiger partial charge on any atom is 0.154 e. The van der Waals surface area contributed by atoms with Crippen molar-refractivity contribution >= 4 is 34.2 Å². The zero-order valence-electron chi connectivity index (χ0n) is 15.2. The summed E-state index contributed by atoms with van der Waals surface area (Å²) in [4.78, 5) is 5.65. The largest absolute Gasteiger partial charge is 0.382 e. The van der Waals surface area contributed by atoms with Crippen molar-refractivity contribution < 1.29 is 0 Å². The second-order valence-electron chi connectivity index (χ2n) is 6.74. The molecule has 0 amide bonds. The molecule has 0 saturated carbocycles. The predicted molar refractivity (Wildman–Crippen MR) is 115 cm³/mol. The fraction of sp³-hybridized carbons (Fsp3) is 0.136. The molecule has 28 heavy (non-hydrogen) atoms. The average Bonchev–Trinajstić information content (AvgIpc) is 2.75.